The molecule has 0 aliphatic rings. The number of aromatic nitrogens is 2. The molecule has 0 aliphatic carbocycles. The number of carbonyl (C=O) groups is 1. The van der Waals surface area contributed by atoms with E-state index < -0.39 is 27.3 Å². The van der Waals surface area contributed by atoms with E-state index in [4.69, 9.17) is 16.3 Å². The Labute approximate surface area is 242 Å². The first-order valence-electron chi connectivity index (χ1n) is 12.0. The Morgan fingerprint density at radius 1 is 1.00 bits per heavy atom. The van der Waals surface area contributed by atoms with Crippen molar-refractivity contribution in [1.29, 1.82) is 0 Å². The third-order valence-electron chi connectivity index (χ3n) is 5.95. The smallest absolute Gasteiger partial charge is 0.333 e. The minimum Gasteiger partial charge on any atom is -0.497 e. The fourth-order valence-corrected chi connectivity index (χ4v) is 6.40. The van der Waals surface area contributed by atoms with E-state index in [1.54, 1.807) is 25.3 Å². The van der Waals surface area contributed by atoms with Crippen LogP contribution < -0.4 is 31.3 Å². The first kappa shape index (κ1) is 28.0. The first-order valence-corrected chi connectivity index (χ1v) is 14.7. The van der Waals surface area contributed by atoms with Crippen molar-refractivity contribution in [3.8, 4) is 11.4 Å². The van der Waals surface area contributed by atoms with Gasteiger partial charge in [-0.2, -0.15) is 0 Å². The number of aromatic amines is 1. The number of methoxy groups -OCH3 is 1. The maximum atomic E-state index is 13.2. The molecule has 2 aromatic heterocycles. The topological polar surface area (TPSA) is 151 Å². The van der Waals surface area contributed by atoms with Gasteiger partial charge in [0, 0.05) is 17.9 Å². The molecule has 41 heavy (non-hydrogen) atoms. The predicted molar refractivity (Wildman–Crippen MR) is 159 cm³/mol. The van der Waals surface area contributed by atoms with Crippen LogP contribution in [0.4, 0.5) is 16.2 Å². The Bertz CT molecular complexity index is 1980. The second-order valence-electron chi connectivity index (χ2n) is 8.70. The van der Waals surface area contributed by atoms with Crippen molar-refractivity contribution in [1.82, 2.24) is 14.3 Å². The van der Waals surface area contributed by atoms with Crippen molar-refractivity contribution in [2.75, 3.05) is 17.7 Å². The Balaban J connectivity index is 1.31. The molecule has 5 rings (SSSR count). The number of hydrogen-bond donors (Lipinski definition) is 4. The third kappa shape index (κ3) is 6.27. The summed E-state index contributed by atoms with van der Waals surface area (Å²) in [5.74, 6) is 0.743. The Kier molecular flexibility index (Phi) is 7.83. The molecule has 0 aliphatic heterocycles. The average Bonchev–Trinajstić information content (AvgIpc) is 3.40. The summed E-state index contributed by atoms with van der Waals surface area (Å²) < 4.78 is 32.9. The molecule has 0 bridgehead atoms. The number of hydrogen-bond acceptors (Lipinski definition) is 8. The van der Waals surface area contributed by atoms with E-state index in [0.29, 0.717) is 23.1 Å². The molecule has 2 heterocycles. The molecule has 0 fully saturated rings. The van der Waals surface area contributed by atoms with Crippen LogP contribution in [0.15, 0.2) is 92.7 Å². The predicted octanol–water partition coefficient (Wildman–Crippen LogP) is 4.53. The molecule has 0 spiro atoms. The van der Waals surface area contributed by atoms with Gasteiger partial charge in [-0.3, -0.25) is 4.79 Å². The maximum absolute atomic E-state index is 13.2. The molecule has 5 aromatic rings. The third-order valence-corrected chi connectivity index (χ3v) is 9.01. The van der Waals surface area contributed by atoms with Gasteiger partial charge in [-0.1, -0.05) is 23.7 Å². The van der Waals surface area contributed by atoms with Crippen molar-refractivity contribution in [3.63, 3.8) is 0 Å². The highest BCUT2D eigenvalue weighted by molar-refractivity contribution is 7.92. The van der Waals surface area contributed by atoms with Gasteiger partial charge < -0.3 is 20.4 Å². The zero-order valence-corrected chi connectivity index (χ0v) is 23.7. The summed E-state index contributed by atoms with van der Waals surface area (Å²) in [6.07, 6.45) is 0. The second-order valence-corrected chi connectivity index (χ2v) is 12.3. The van der Waals surface area contributed by atoms with E-state index in [0.717, 1.165) is 27.2 Å². The molecule has 0 saturated heterocycles. The molecule has 4 N–H and O–H groups in total. The van der Waals surface area contributed by atoms with Crippen LogP contribution in [0.5, 0.6) is 5.75 Å². The number of carbonyl (C=O) groups excluding carboxylic acids is 1. The van der Waals surface area contributed by atoms with E-state index >= 15 is 0 Å². The summed E-state index contributed by atoms with van der Waals surface area (Å²) in [6.45, 7) is 0.511. The van der Waals surface area contributed by atoms with Crippen molar-refractivity contribution in [3.05, 3.63) is 110 Å². The standard InChI is InChI=1S/C27H22ClN5O6S2/c1-39-20-4-2-3-16(13-20)15-29-18-7-10-21-22(14-18)31-27(36)33(25(21)34)19-8-5-17(6-9-19)30-26(35)32-41(37,38)24-12-11-23(28)40-24/h2-14,29H,15H2,1H3,(H,31,36)(H2,30,32,35). The molecular weight excluding hydrogens is 590 g/mol. The minimum atomic E-state index is -4.09. The minimum absolute atomic E-state index is 0.109. The van der Waals surface area contributed by atoms with E-state index in [9.17, 15) is 22.8 Å². The number of nitrogens with one attached hydrogen (secondary N) is 4. The van der Waals surface area contributed by atoms with Crippen LogP contribution in [-0.2, 0) is 16.6 Å². The highest BCUT2D eigenvalue weighted by atomic mass is 35.5. The molecule has 11 nitrogen and oxygen atoms in total. The number of sulfonamides is 1. The molecule has 2 amide bonds. The van der Waals surface area contributed by atoms with Gasteiger partial charge in [0.1, 0.15) is 9.96 Å². The zero-order chi connectivity index (χ0) is 29.1. The van der Waals surface area contributed by atoms with Crippen molar-refractivity contribution >= 4 is 61.3 Å². The highest BCUT2D eigenvalue weighted by Crippen LogP contribution is 2.25. The summed E-state index contributed by atoms with van der Waals surface area (Å²) >= 11 is 6.58. The van der Waals surface area contributed by atoms with Gasteiger partial charge in [0.15, 0.2) is 0 Å². The van der Waals surface area contributed by atoms with Crippen LogP contribution in [0, 0.1) is 0 Å². The zero-order valence-electron chi connectivity index (χ0n) is 21.3. The molecule has 0 saturated carbocycles. The number of halogens is 1. The second kappa shape index (κ2) is 11.5. The molecule has 210 valence electrons. The Morgan fingerprint density at radius 2 is 1.76 bits per heavy atom. The Hall–Kier alpha value is -4.59. The number of ether oxygens (including phenoxy) is 1. The van der Waals surface area contributed by atoms with Crippen LogP contribution in [-0.4, -0.2) is 31.1 Å². The number of H-pyrrole nitrogens is 1. The van der Waals surface area contributed by atoms with E-state index in [1.165, 1.54) is 36.4 Å². The summed E-state index contributed by atoms with van der Waals surface area (Å²) in [5.41, 5.74) is 1.40. The number of urea groups is 1. The van der Waals surface area contributed by atoms with Gasteiger partial charge >= 0.3 is 11.7 Å². The highest BCUT2D eigenvalue weighted by Gasteiger charge is 2.20. The molecule has 14 heteroatoms. The number of rotatable bonds is 8. The number of anilines is 2. The summed E-state index contributed by atoms with van der Waals surface area (Å²) in [4.78, 5) is 41.1. The fraction of sp³-hybridized carbons (Fsp3) is 0.0741. The molecule has 3 aromatic carbocycles. The quantitative estimate of drug-likeness (QED) is 0.201. The summed E-state index contributed by atoms with van der Waals surface area (Å²) in [6, 6.07) is 20.2. The lowest BCUT2D eigenvalue weighted by molar-refractivity contribution is 0.256. The lowest BCUT2D eigenvalue weighted by Crippen LogP contribution is -2.34. The largest absolute Gasteiger partial charge is 0.497 e. The van der Waals surface area contributed by atoms with Gasteiger partial charge in [0.25, 0.3) is 15.6 Å². The van der Waals surface area contributed by atoms with E-state index in [-0.39, 0.29) is 19.9 Å². The number of amides is 2. The lowest BCUT2D eigenvalue weighted by Gasteiger charge is -2.11. The first-order chi connectivity index (χ1) is 19.6. The van der Waals surface area contributed by atoms with Crippen molar-refractivity contribution < 1.29 is 17.9 Å². The van der Waals surface area contributed by atoms with Crippen molar-refractivity contribution in [2.24, 2.45) is 0 Å². The normalized spacial score (nSPS) is 11.3. The number of benzene rings is 3. The van der Waals surface area contributed by atoms with E-state index in [2.05, 4.69) is 15.6 Å². The van der Waals surface area contributed by atoms with Gasteiger partial charge in [0.2, 0.25) is 0 Å². The van der Waals surface area contributed by atoms with Gasteiger partial charge in [-0.25, -0.2) is 27.3 Å². The Morgan fingerprint density at radius 3 is 2.46 bits per heavy atom. The average molecular weight is 612 g/mol. The lowest BCUT2D eigenvalue weighted by atomic mass is 10.2. The summed E-state index contributed by atoms with van der Waals surface area (Å²) in [5, 5.41) is 5.97. The summed E-state index contributed by atoms with van der Waals surface area (Å²) in [7, 11) is -2.49. The van der Waals surface area contributed by atoms with Crippen LogP contribution in [0.1, 0.15) is 5.56 Å². The maximum Gasteiger partial charge on any atom is 0.333 e. The van der Waals surface area contributed by atoms with Crippen LogP contribution in [0.2, 0.25) is 4.34 Å². The van der Waals surface area contributed by atoms with Crippen LogP contribution in [0.25, 0.3) is 16.6 Å². The molecule has 0 unspecified atom stereocenters. The molecular formula is C27H22ClN5O6S2. The van der Waals surface area contributed by atoms with Gasteiger partial charge in [-0.05, 0) is 72.3 Å². The number of nitrogens with zero attached hydrogens (tertiary/aromatic N) is 1. The number of thiophene rings is 1. The molecule has 0 atom stereocenters. The fourth-order valence-electron chi connectivity index (χ4n) is 4.01. The number of fused-ring (bicyclic) bond motifs is 1. The molecule has 0 radical (unpaired) electrons. The monoisotopic (exact) mass is 611 g/mol. The van der Waals surface area contributed by atoms with Crippen LogP contribution in [0.3, 0.4) is 0 Å². The van der Waals surface area contributed by atoms with E-state index in [1.807, 2.05) is 29.0 Å². The van der Waals surface area contributed by atoms with Gasteiger partial charge in [0.05, 0.1) is 28.0 Å². The van der Waals surface area contributed by atoms with Gasteiger partial charge in [-0.15, -0.1) is 11.3 Å². The van der Waals surface area contributed by atoms with Crippen molar-refractivity contribution in [2.45, 2.75) is 10.8 Å². The van der Waals surface area contributed by atoms with Crippen LogP contribution >= 0.6 is 22.9 Å². The SMILES string of the molecule is COc1cccc(CNc2ccc3c(=O)n(-c4ccc(NC(=O)NS(=O)(=O)c5ccc(Cl)s5)cc4)c(=O)[nH]c3c2)c1.